The number of para-hydroxylation sites is 1. The Morgan fingerprint density at radius 3 is 2.63 bits per heavy atom. The number of nitrogens with zero attached hydrogens (tertiary/aromatic N) is 4. The van der Waals surface area contributed by atoms with Gasteiger partial charge < -0.3 is 4.74 Å². The van der Waals surface area contributed by atoms with E-state index in [2.05, 4.69) is 56.2 Å². The molecule has 136 valence electrons. The van der Waals surface area contributed by atoms with Gasteiger partial charge in [-0.1, -0.05) is 36.4 Å². The summed E-state index contributed by atoms with van der Waals surface area (Å²) in [5.74, 6) is 3.26. The summed E-state index contributed by atoms with van der Waals surface area (Å²) in [5.41, 5.74) is 2.41. The molecule has 0 radical (unpaired) electrons. The molecule has 1 aliphatic carbocycles. The zero-order valence-corrected chi connectivity index (χ0v) is 15.2. The molecule has 2 aromatic heterocycles. The van der Waals surface area contributed by atoms with Gasteiger partial charge in [-0.05, 0) is 43.4 Å². The fourth-order valence-electron chi connectivity index (χ4n) is 4.14. The molecular formula is C22H22N4O. The Labute approximate surface area is 158 Å². The second-order valence-corrected chi connectivity index (χ2v) is 7.23. The molecule has 0 amide bonds. The maximum atomic E-state index is 6.05. The Balaban J connectivity index is 1.36. The third-order valence-corrected chi connectivity index (χ3v) is 5.50. The van der Waals surface area contributed by atoms with Gasteiger partial charge in [-0.3, -0.25) is 4.57 Å². The predicted octanol–water partition coefficient (Wildman–Crippen LogP) is 4.34. The van der Waals surface area contributed by atoms with Crippen molar-refractivity contribution in [1.82, 2.24) is 19.7 Å². The fourth-order valence-corrected chi connectivity index (χ4v) is 4.14. The molecular weight excluding hydrogens is 336 g/mol. The molecule has 0 saturated heterocycles. The van der Waals surface area contributed by atoms with Crippen molar-refractivity contribution in [2.45, 2.75) is 44.1 Å². The minimum absolute atomic E-state index is 0.233. The molecule has 27 heavy (non-hydrogen) atoms. The van der Waals surface area contributed by atoms with Crippen molar-refractivity contribution in [1.29, 1.82) is 0 Å². The molecule has 3 aromatic rings. The minimum Gasteiger partial charge on any atom is -0.474 e. The number of allylic oxidation sites excluding steroid dienone is 1. The second kappa shape index (κ2) is 6.99. The van der Waals surface area contributed by atoms with Crippen LogP contribution in [0.3, 0.4) is 0 Å². The van der Waals surface area contributed by atoms with Crippen molar-refractivity contribution in [2.75, 3.05) is 0 Å². The van der Waals surface area contributed by atoms with Crippen molar-refractivity contribution >= 4 is 6.08 Å². The van der Waals surface area contributed by atoms with Crippen LogP contribution in [0.2, 0.25) is 0 Å². The summed E-state index contributed by atoms with van der Waals surface area (Å²) in [4.78, 5) is 4.28. The summed E-state index contributed by atoms with van der Waals surface area (Å²) in [5, 5.41) is 9.09. The van der Waals surface area contributed by atoms with E-state index >= 15 is 0 Å². The normalized spacial score (nSPS) is 21.2. The van der Waals surface area contributed by atoms with Crippen LogP contribution in [0.5, 0.6) is 5.88 Å². The van der Waals surface area contributed by atoms with E-state index in [4.69, 9.17) is 4.74 Å². The molecule has 2 aliphatic rings. The first-order valence-corrected chi connectivity index (χ1v) is 9.66. The maximum absolute atomic E-state index is 6.05. The first-order chi connectivity index (χ1) is 13.4. The molecule has 5 rings (SSSR count). The lowest BCUT2D eigenvalue weighted by Gasteiger charge is -2.28. The lowest BCUT2D eigenvalue weighted by atomic mass is 9.86. The smallest absolute Gasteiger partial charge is 0.213 e. The van der Waals surface area contributed by atoms with Crippen LogP contribution in [0.4, 0.5) is 0 Å². The van der Waals surface area contributed by atoms with Crippen LogP contribution in [-0.2, 0) is 6.42 Å². The number of pyridine rings is 1. The standard InChI is InChI=1S/C22H22N4O/c1-2-8-19-16(6-1)7-5-9-20-24-25-22(26(19)20)17-11-13-18(14-12-17)27-21-10-3-4-15-23-21/h1-8,10,15,17-18H,9,11-14H2. The van der Waals surface area contributed by atoms with Crippen LogP contribution >= 0.6 is 0 Å². The summed E-state index contributed by atoms with van der Waals surface area (Å²) in [6, 6.07) is 14.3. The third kappa shape index (κ3) is 3.14. The van der Waals surface area contributed by atoms with Crippen LogP contribution < -0.4 is 4.74 Å². The van der Waals surface area contributed by atoms with E-state index in [9.17, 15) is 0 Å². The van der Waals surface area contributed by atoms with Gasteiger partial charge in [0, 0.05) is 24.6 Å². The van der Waals surface area contributed by atoms with E-state index in [0.29, 0.717) is 5.92 Å². The highest BCUT2D eigenvalue weighted by Gasteiger charge is 2.29. The largest absolute Gasteiger partial charge is 0.474 e. The Bertz CT molecular complexity index is 955. The quantitative estimate of drug-likeness (QED) is 0.699. The van der Waals surface area contributed by atoms with E-state index < -0.39 is 0 Å². The van der Waals surface area contributed by atoms with Gasteiger partial charge in [0.25, 0.3) is 0 Å². The van der Waals surface area contributed by atoms with Gasteiger partial charge >= 0.3 is 0 Å². The average molecular weight is 358 g/mol. The van der Waals surface area contributed by atoms with Crippen LogP contribution in [-0.4, -0.2) is 25.9 Å². The number of rotatable bonds is 3. The zero-order valence-electron chi connectivity index (χ0n) is 15.2. The molecule has 5 nitrogen and oxygen atoms in total. The van der Waals surface area contributed by atoms with Crippen LogP contribution in [0, 0.1) is 0 Å². The predicted molar refractivity (Wildman–Crippen MR) is 104 cm³/mol. The summed E-state index contributed by atoms with van der Waals surface area (Å²) in [6.07, 6.45) is 11.3. The molecule has 5 heteroatoms. The summed E-state index contributed by atoms with van der Waals surface area (Å²) in [7, 11) is 0. The topological polar surface area (TPSA) is 52.8 Å². The number of hydrogen-bond donors (Lipinski definition) is 0. The van der Waals surface area contributed by atoms with Crippen molar-refractivity contribution in [3.8, 4) is 11.6 Å². The molecule has 1 saturated carbocycles. The first-order valence-electron chi connectivity index (χ1n) is 9.66. The Morgan fingerprint density at radius 2 is 1.78 bits per heavy atom. The molecule has 0 spiro atoms. The number of fused-ring (bicyclic) bond motifs is 3. The van der Waals surface area contributed by atoms with E-state index in [-0.39, 0.29) is 6.10 Å². The van der Waals surface area contributed by atoms with Crippen molar-refractivity contribution in [3.63, 3.8) is 0 Å². The van der Waals surface area contributed by atoms with Gasteiger partial charge in [0.1, 0.15) is 17.8 Å². The van der Waals surface area contributed by atoms with Gasteiger partial charge in [-0.2, -0.15) is 0 Å². The number of hydrogen-bond acceptors (Lipinski definition) is 4. The van der Waals surface area contributed by atoms with Crippen LogP contribution in [0.1, 0.15) is 48.8 Å². The zero-order chi connectivity index (χ0) is 18.1. The average Bonchev–Trinajstić information content (AvgIpc) is 3.05. The first kappa shape index (κ1) is 16.2. The third-order valence-electron chi connectivity index (χ3n) is 5.50. The van der Waals surface area contributed by atoms with Crippen LogP contribution in [0.15, 0.2) is 54.7 Å². The molecule has 1 fully saturated rings. The number of ether oxygens (including phenoxy) is 1. The summed E-state index contributed by atoms with van der Waals surface area (Å²) < 4.78 is 8.32. The Kier molecular flexibility index (Phi) is 4.20. The number of aromatic nitrogens is 4. The van der Waals surface area contributed by atoms with Crippen molar-refractivity contribution in [3.05, 3.63) is 71.9 Å². The van der Waals surface area contributed by atoms with Gasteiger partial charge in [-0.25, -0.2) is 4.98 Å². The molecule has 3 heterocycles. The molecule has 0 atom stereocenters. The lowest BCUT2D eigenvalue weighted by molar-refractivity contribution is 0.139. The Morgan fingerprint density at radius 1 is 0.926 bits per heavy atom. The SMILES string of the molecule is C1=Cc2ccccc2-n2c(nnc2C2CCC(Oc3ccccn3)CC2)C1. The summed E-state index contributed by atoms with van der Waals surface area (Å²) in [6.45, 7) is 0. The fraction of sp³-hybridized carbons (Fsp3) is 0.318. The molecule has 1 aliphatic heterocycles. The van der Waals surface area contributed by atoms with Gasteiger partial charge in [0.2, 0.25) is 5.88 Å². The highest BCUT2D eigenvalue weighted by atomic mass is 16.5. The van der Waals surface area contributed by atoms with E-state index in [1.807, 2.05) is 18.2 Å². The van der Waals surface area contributed by atoms with E-state index in [1.54, 1.807) is 6.20 Å². The molecule has 0 bridgehead atoms. The van der Waals surface area contributed by atoms with Gasteiger partial charge in [-0.15, -0.1) is 10.2 Å². The van der Waals surface area contributed by atoms with Crippen molar-refractivity contribution < 1.29 is 4.74 Å². The molecule has 1 aromatic carbocycles. The summed E-state index contributed by atoms with van der Waals surface area (Å²) >= 11 is 0. The highest BCUT2D eigenvalue weighted by Crippen LogP contribution is 2.36. The Hall–Kier alpha value is -2.95. The van der Waals surface area contributed by atoms with Crippen LogP contribution in [0.25, 0.3) is 11.8 Å². The van der Waals surface area contributed by atoms with Gasteiger partial charge in [0.05, 0.1) is 5.69 Å². The maximum Gasteiger partial charge on any atom is 0.213 e. The lowest BCUT2D eigenvalue weighted by Crippen LogP contribution is -2.25. The second-order valence-electron chi connectivity index (χ2n) is 7.23. The molecule has 0 N–H and O–H groups in total. The van der Waals surface area contributed by atoms with Crippen molar-refractivity contribution in [2.24, 2.45) is 0 Å². The van der Waals surface area contributed by atoms with E-state index in [0.717, 1.165) is 49.6 Å². The minimum atomic E-state index is 0.233. The monoisotopic (exact) mass is 358 g/mol. The molecule has 0 unspecified atom stereocenters. The highest BCUT2D eigenvalue weighted by molar-refractivity contribution is 5.62. The van der Waals surface area contributed by atoms with Gasteiger partial charge in [0.15, 0.2) is 0 Å². The van der Waals surface area contributed by atoms with E-state index in [1.165, 1.54) is 11.3 Å². The number of benzene rings is 1.